The molecule has 2 N–H and O–H groups in total. The SMILES string of the molecule is CC[NH+]1CCC[C@H]1CNC(=O)c1oc2ccc(OC)cc2c1C. The molecule has 2 aromatic rings. The number of furan rings is 1. The lowest BCUT2D eigenvalue weighted by atomic mass is 10.1. The molecule has 3 rings (SSSR count). The highest BCUT2D eigenvalue weighted by atomic mass is 16.5. The van der Waals surface area contributed by atoms with Gasteiger partial charge in [0.1, 0.15) is 17.4 Å². The van der Waals surface area contributed by atoms with Crippen molar-refractivity contribution in [3.8, 4) is 5.75 Å². The van der Waals surface area contributed by atoms with Crippen LogP contribution in [0.15, 0.2) is 22.6 Å². The number of likely N-dealkylation sites (N-methyl/N-ethyl adjacent to an activating group) is 1. The summed E-state index contributed by atoms with van der Waals surface area (Å²) in [6.45, 7) is 7.15. The highest BCUT2D eigenvalue weighted by Gasteiger charge is 2.28. The highest BCUT2D eigenvalue weighted by molar-refractivity contribution is 5.99. The van der Waals surface area contributed by atoms with Gasteiger partial charge in [0.05, 0.1) is 26.7 Å². The van der Waals surface area contributed by atoms with Gasteiger partial charge in [0.25, 0.3) is 5.91 Å². The Hall–Kier alpha value is -2.01. The Morgan fingerprint density at radius 1 is 1.48 bits per heavy atom. The van der Waals surface area contributed by atoms with Crippen LogP contribution in [0.1, 0.15) is 35.9 Å². The van der Waals surface area contributed by atoms with E-state index in [1.54, 1.807) is 12.0 Å². The van der Waals surface area contributed by atoms with E-state index in [0.29, 0.717) is 18.3 Å². The predicted molar refractivity (Wildman–Crippen MR) is 89.2 cm³/mol. The molecule has 2 heterocycles. The number of nitrogens with one attached hydrogen (secondary N) is 2. The second-order valence-electron chi connectivity index (χ2n) is 6.23. The largest absolute Gasteiger partial charge is 0.497 e. The molecule has 23 heavy (non-hydrogen) atoms. The minimum absolute atomic E-state index is 0.125. The summed E-state index contributed by atoms with van der Waals surface area (Å²) in [6.07, 6.45) is 2.42. The lowest BCUT2D eigenvalue weighted by molar-refractivity contribution is -0.909. The van der Waals surface area contributed by atoms with Crippen LogP contribution in [-0.2, 0) is 0 Å². The van der Waals surface area contributed by atoms with E-state index < -0.39 is 0 Å². The number of hydrogen-bond acceptors (Lipinski definition) is 3. The van der Waals surface area contributed by atoms with Gasteiger partial charge in [0, 0.05) is 23.8 Å². The molecule has 0 radical (unpaired) electrons. The first-order chi connectivity index (χ1) is 11.1. The van der Waals surface area contributed by atoms with Crippen LogP contribution in [-0.4, -0.2) is 38.7 Å². The molecule has 1 unspecified atom stereocenters. The van der Waals surface area contributed by atoms with E-state index in [2.05, 4.69) is 12.2 Å². The third-order valence-electron chi connectivity index (χ3n) is 4.94. The summed E-state index contributed by atoms with van der Waals surface area (Å²) in [5.74, 6) is 1.05. The average molecular weight is 317 g/mol. The van der Waals surface area contributed by atoms with Crippen LogP contribution in [0.5, 0.6) is 5.75 Å². The number of likely N-dealkylation sites (tertiary alicyclic amines) is 1. The van der Waals surface area contributed by atoms with Crippen molar-refractivity contribution < 1.29 is 18.8 Å². The second-order valence-corrected chi connectivity index (χ2v) is 6.23. The fraction of sp³-hybridized carbons (Fsp3) is 0.500. The van der Waals surface area contributed by atoms with Crippen molar-refractivity contribution in [3.63, 3.8) is 0 Å². The van der Waals surface area contributed by atoms with Crippen molar-refractivity contribution in [1.82, 2.24) is 5.32 Å². The molecule has 1 fully saturated rings. The summed E-state index contributed by atoms with van der Waals surface area (Å²) in [7, 11) is 1.63. The first-order valence-electron chi connectivity index (χ1n) is 8.34. The van der Waals surface area contributed by atoms with Gasteiger partial charge in [0.15, 0.2) is 5.76 Å². The number of amides is 1. The molecule has 1 saturated heterocycles. The van der Waals surface area contributed by atoms with Gasteiger partial charge in [-0.3, -0.25) is 4.79 Å². The smallest absolute Gasteiger partial charge is 0.287 e. The molecule has 2 atom stereocenters. The quantitative estimate of drug-likeness (QED) is 0.880. The Balaban J connectivity index is 1.74. The van der Waals surface area contributed by atoms with Gasteiger partial charge in [-0.15, -0.1) is 0 Å². The van der Waals surface area contributed by atoms with Crippen LogP contribution >= 0.6 is 0 Å². The number of aryl methyl sites for hydroxylation is 1. The zero-order valence-corrected chi connectivity index (χ0v) is 14.1. The van der Waals surface area contributed by atoms with E-state index in [-0.39, 0.29) is 5.91 Å². The first-order valence-corrected chi connectivity index (χ1v) is 8.34. The number of fused-ring (bicyclic) bond motifs is 1. The summed E-state index contributed by atoms with van der Waals surface area (Å²) in [6, 6.07) is 6.12. The maximum absolute atomic E-state index is 12.5. The molecule has 1 aromatic heterocycles. The summed E-state index contributed by atoms with van der Waals surface area (Å²) >= 11 is 0. The Morgan fingerprint density at radius 2 is 2.30 bits per heavy atom. The van der Waals surface area contributed by atoms with Gasteiger partial charge < -0.3 is 19.4 Å². The predicted octanol–water partition coefficient (Wildman–Crippen LogP) is 1.55. The molecule has 5 heteroatoms. The van der Waals surface area contributed by atoms with Crippen LogP contribution in [0.4, 0.5) is 0 Å². The summed E-state index contributed by atoms with van der Waals surface area (Å²) in [5.41, 5.74) is 1.58. The second kappa shape index (κ2) is 6.62. The summed E-state index contributed by atoms with van der Waals surface area (Å²) in [4.78, 5) is 14.1. The molecule has 1 aromatic carbocycles. The van der Waals surface area contributed by atoms with Gasteiger partial charge >= 0.3 is 0 Å². The van der Waals surface area contributed by atoms with Crippen molar-refractivity contribution >= 4 is 16.9 Å². The van der Waals surface area contributed by atoms with Crippen molar-refractivity contribution in [1.29, 1.82) is 0 Å². The maximum atomic E-state index is 12.5. The zero-order chi connectivity index (χ0) is 16.4. The molecule has 0 spiro atoms. The topological polar surface area (TPSA) is 55.9 Å². The first kappa shape index (κ1) is 15.9. The van der Waals surface area contributed by atoms with Crippen LogP contribution in [0.3, 0.4) is 0 Å². The van der Waals surface area contributed by atoms with E-state index in [9.17, 15) is 4.79 Å². The molecular weight excluding hydrogens is 292 g/mol. The van der Waals surface area contributed by atoms with E-state index in [1.165, 1.54) is 19.4 Å². The van der Waals surface area contributed by atoms with Crippen LogP contribution in [0.25, 0.3) is 11.0 Å². The Labute approximate surface area is 136 Å². The third kappa shape index (κ3) is 3.06. The molecular formula is C18H25N2O3+. The van der Waals surface area contributed by atoms with Crippen molar-refractivity contribution in [2.24, 2.45) is 0 Å². The number of hydrogen-bond donors (Lipinski definition) is 2. The van der Waals surface area contributed by atoms with Crippen LogP contribution in [0.2, 0.25) is 0 Å². The Morgan fingerprint density at radius 3 is 3.04 bits per heavy atom. The van der Waals surface area contributed by atoms with Gasteiger partial charge in [-0.1, -0.05) is 0 Å². The maximum Gasteiger partial charge on any atom is 0.287 e. The van der Waals surface area contributed by atoms with E-state index in [1.807, 2.05) is 25.1 Å². The number of benzene rings is 1. The Kier molecular flexibility index (Phi) is 4.57. The van der Waals surface area contributed by atoms with Gasteiger partial charge in [0.2, 0.25) is 0 Å². The molecule has 0 bridgehead atoms. The number of quaternary nitrogens is 1. The number of rotatable bonds is 5. The lowest BCUT2D eigenvalue weighted by Crippen LogP contribution is -3.14. The molecule has 124 valence electrons. The van der Waals surface area contributed by atoms with E-state index in [0.717, 1.165) is 28.8 Å². The minimum Gasteiger partial charge on any atom is -0.497 e. The standard InChI is InChI=1S/C18H24N2O3/c1-4-20-9-5-6-13(20)11-19-18(21)17-12(2)15-10-14(22-3)7-8-16(15)23-17/h7-8,10,13H,4-6,9,11H2,1-3H3,(H,19,21)/p+1/t13-/m0/s1. The fourth-order valence-electron chi connectivity index (χ4n) is 3.54. The zero-order valence-electron chi connectivity index (χ0n) is 14.1. The molecule has 0 aliphatic carbocycles. The minimum atomic E-state index is -0.125. The monoisotopic (exact) mass is 317 g/mol. The Bertz CT molecular complexity index is 708. The lowest BCUT2D eigenvalue weighted by Gasteiger charge is -2.19. The summed E-state index contributed by atoms with van der Waals surface area (Å²) < 4.78 is 11.0. The van der Waals surface area contributed by atoms with Gasteiger partial charge in [-0.2, -0.15) is 0 Å². The van der Waals surface area contributed by atoms with Crippen LogP contribution in [0, 0.1) is 6.92 Å². The van der Waals surface area contributed by atoms with Crippen LogP contribution < -0.4 is 15.0 Å². The normalized spacial score (nSPS) is 20.8. The van der Waals surface area contributed by atoms with E-state index >= 15 is 0 Å². The summed E-state index contributed by atoms with van der Waals surface area (Å²) in [5, 5.41) is 3.98. The highest BCUT2D eigenvalue weighted by Crippen LogP contribution is 2.28. The van der Waals surface area contributed by atoms with Crippen molar-refractivity contribution in [2.75, 3.05) is 26.7 Å². The molecule has 1 aliphatic rings. The van der Waals surface area contributed by atoms with Gasteiger partial charge in [-0.05, 0) is 32.0 Å². The number of carbonyl (C=O) groups excluding carboxylic acids is 1. The molecule has 1 aliphatic heterocycles. The van der Waals surface area contributed by atoms with E-state index in [4.69, 9.17) is 9.15 Å². The molecule has 1 amide bonds. The third-order valence-corrected chi connectivity index (χ3v) is 4.94. The molecule has 5 nitrogen and oxygen atoms in total. The van der Waals surface area contributed by atoms with Crippen molar-refractivity contribution in [2.45, 2.75) is 32.7 Å². The number of carbonyl (C=O) groups is 1. The number of ether oxygens (including phenoxy) is 1. The number of methoxy groups -OCH3 is 1. The van der Waals surface area contributed by atoms with Crippen molar-refractivity contribution in [3.05, 3.63) is 29.5 Å². The average Bonchev–Trinajstić information content (AvgIpc) is 3.16. The van der Waals surface area contributed by atoms with Gasteiger partial charge in [-0.25, -0.2) is 0 Å². The fourth-order valence-corrected chi connectivity index (χ4v) is 3.54. The molecule has 0 saturated carbocycles.